The lowest BCUT2D eigenvalue weighted by Gasteiger charge is -2.27. The van der Waals surface area contributed by atoms with Crippen molar-refractivity contribution in [2.75, 3.05) is 11.4 Å². The second-order valence-electron chi connectivity index (χ2n) is 4.51. The van der Waals surface area contributed by atoms with Crippen LogP contribution in [0.3, 0.4) is 0 Å². The summed E-state index contributed by atoms with van der Waals surface area (Å²) in [7, 11) is 0. The molecular formula is C13H22ClN3. The molecule has 1 heterocycles. The van der Waals surface area contributed by atoms with Gasteiger partial charge in [-0.05, 0) is 32.4 Å². The number of alkyl halides is 1. The number of aromatic nitrogens is 2. The molecule has 4 heteroatoms. The summed E-state index contributed by atoms with van der Waals surface area (Å²) < 4.78 is 0. The second kappa shape index (κ2) is 7.49. The molecule has 0 aliphatic carbocycles. The number of nitrogens with zero attached hydrogens (tertiary/aromatic N) is 3. The molecule has 0 N–H and O–H groups in total. The molecular weight excluding hydrogens is 234 g/mol. The molecule has 0 saturated heterocycles. The number of anilines is 1. The monoisotopic (exact) mass is 255 g/mol. The van der Waals surface area contributed by atoms with Gasteiger partial charge in [0.2, 0.25) is 0 Å². The molecule has 1 rings (SSSR count). The van der Waals surface area contributed by atoms with Gasteiger partial charge in [0.1, 0.15) is 0 Å². The van der Waals surface area contributed by atoms with Crippen molar-refractivity contribution in [1.82, 2.24) is 10.2 Å². The van der Waals surface area contributed by atoms with Crippen LogP contribution in [0.25, 0.3) is 0 Å². The minimum atomic E-state index is 0.421. The van der Waals surface area contributed by atoms with Crippen LogP contribution < -0.4 is 4.90 Å². The van der Waals surface area contributed by atoms with E-state index in [2.05, 4.69) is 35.9 Å². The van der Waals surface area contributed by atoms with Gasteiger partial charge in [-0.3, -0.25) is 0 Å². The van der Waals surface area contributed by atoms with Gasteiger partial charge in [-0.1, -0.05) is 19.8 Å². The average molecular weight is 256 g/mol. The lowest BCUT2D eigenvalue weighted by atomic mass is 10.2. The van der Waals surface area contributed by atoms with Gasteiger partial charge in [0.25, 0.3) is 0 Å². The maximum atomic E-state index is 5.71. The first-order valence-electron chi connectivity index (χ1n) is 6.34. The topological polar surface area (TPSA) is 29.0 Å². The Bertz CT molecular complexity index is 311. The van der Waals surface area contributed by atoms with E-state index in [9.17, 15) is 0 Å². The van der Waals surface area contributed by atoms with Gasteiger partial charge in [-0.2, -0.15) is 5.10 Å². The van der Waals surface area contributed by atoms with Crippen molar-refractivity contribution < 1.29 is 0 Å². The highest BCUT2D eigenvalue weighted by Gasteiger charge is 2.11. The summed E-state index contributed by atoms with van der Waals surface area (Å²) in [6.45, 7) is 7.63. The summed E-state index contributed by atoms with van der Waals surface area (Å²) in [6, 6.07) is 4.41. The molecule has 0 unspecified atom stereocenters. The van der Waals surface area contributed by atoms with Gasteiger partial charge in [0.05, 0.1) is 11.6 Å². The summed E-state index contributed by atoms with van der Waals surface area (Å²) in [5, 5.41) is 8.35. The Kier molecular flexibility index (Phi) is 6.27. The van der Waals surface area contributed by atoms with Crippen LogP contribution in [-0.2, 0) is 5.88 Å². The third kappa shape index (κ3) is 4.50. The molecule has 0 fully saturated rings. The Labute approximate surface area is 109 Å². The largest absolute Gasteiger partial charge is 0.353 e. The minimum absolute atomic E-state index is 0.421. The fourth-order valence-electron chi connectivity index (χ4n) is 1.75. The van der Waals surface area contributed by atoms with Crippen LogP contribution in [0.15, 0.2) is 12.1 Å². The van der Waals surface area contributed by atoms with E-state index in [4.69, 9.17) is 11.6 Å². The first-order chi connectivity index (χ1) is 8.19. The van der Waals surface area contributed by atoms with E-state index in [1.165, 1.54) is 19.3 Å². The maximum absolute atomic E-state index is 5.71. The standard InChI is InChI=1S/C13H22ClN3/c1-4-5-6-9-17(11(2)3)13-8-7-12(10-14)15-16-13/h7-8,11H,4-6,9-10H2,1-3H3. The predicted octanol–water partition coefficient (Wildman–Crippen LogP) is 3.62. The van der Waals surface area contributed by atoms with E-state index in [-0.39, 0.29) is 0 Å². The van der Waals surface area contributed by atoms with Gasteiger partial charge < -0.3 is 4.90 Å². The molecule has 1 aromatic heterocycles. The molecule has 96 valence electrons. The SMILES string of the molecule is CCCCCN(c1ccc(CCl)nn1)C(C)C. The molecule has 0 radical (unpaired) electrons. The summed E-state index contributed by atoms with van der Waals surface area (Å²) in [6.07, 6.45) is 3.70. The van der Waals surface area contributed by atoms with Gasteiger partial charge in [-0.15, -0.1) is 16.7 Å². The Morgan fingerprint density at radius 1 is 1.24 bits per heavy atom. The molecule has 1 aromatic rings. The third-order valence-electron chi connectivity index (χ3n) is 2.76. The molecule has 0 aromatic carbocycles. The van der Waals surface area contributed by atoms with Crippen LogP contribution in [0.4, 0.5) is 5.82 Å². The highest BCUT2D eigenvalue weighted by molar-refractivity contribution is 6.16. The van der Waals surface area contributed by atoms with Crippen LogP contribution in [0.5, 0.6) is 0 Å². The molecule has 0 spiro atoms. The first kappa shape index (κ1) is 14.2. The number of halogens is 1. The first-order valence-corrected chi connectivity index (χ1v) is 6.87. The average Bonchev–Trinajstić information content (AvgIpc) is 2.34. The van der Waals surface area contributed by atoms with E-state index in [0.717, 1.165) is 18.1 Å². The van der Waals surface area contributed by atoms with Gasteiger partial charge in [-0.25, -0.2) is 0 Å². The van der Waals surface area contributed by atoms with Crippen LogP contribution in [0.1, 0.15) is 45.7 Å². The Hall–Kier alpha value is -0.830. The van der Waals surface area contributed by atoms with Crippen molar-refractivity contribution in [2.45, 2.75) is 52.0 Å². The maximum Gasteiger partial charge on any atom is 0.151 e. The summed E-state index contributed by atoms with van der Waals surface area (Å²) in [5.41, 5.74) is 0.827. The second-order valence-corrected chi connectivity index (χ2v) is 4.78. The number of hydrogen-bond donors (Lipinski definition) is 0. The minimum Gasteiger partial charge on any atom is -0.353 e. The highest BCUT2D eigenvalue weighted by atomic mass is 35.5. The Morgan fingerprint density at radius 3 is 2.47 bits per heavy atom. The van der Waals surface area contributed by atoms with E-state index >= 15 is 0 Å². The van der Waals surface area contributed by atoms with Crippen molar-refractivity contribution >= 4 is 17.4 Å². The fraction of sp³-hybridized carbons (Fsp3) is 0.692. The zero-order valence-electron chi connectivity index (χ0n) is 11.0. The lowest BCUT2D eigenvalue weighted by molar-refractivity contribution is 0.615. The van der Waals surface area contributed by atoms with Crippen LogP contribution in [-0.4, -0.2) is 22.8 Å². The summed E-state index contributed by atoms with van der Waals surface area (Å²) in [5.74, 6) is 1.37. The number of hydrogen-bond acceptors (Lipinski definition) is 3. The van der Waals surface area contributed by atoms with Gasteiger partial charge >= 0.3 is 0 Å². The van der Waals surface area contributed by atoms with Crippen molar-refractivity contribution in [3.63, 3.8) is 0 Å². The third-order valence-corrected chi connectivity index (χ3v) is 3.04. The van der Waals surface area contributed by atoms with Crippen molar-refractivity contribution in [2.24, 2.45) is 0 Å². The zero-order chi connectivity index (χ0) is 12.7. The van der Waals surface area contributed by atoms with Crippen LogP contribution >= 0.6 is 11.6 Å². The Morgan fingerprint density at radius 2 is 2.00 bits per heavy atom. The van der Waals surface area contributed by atoms with E-state index in [0.29, 0.717) is 11.9 Å². The number of unbranched alkanes of at least 4 members (excludes halogenated alkanes) is 2. The molecule has 3 nitrogen and oxygen atoms in total. The molecule has 0 bridgehead atoms. The van der Waals surface area contributed by atoms with Crippen molar-refractivity contribution in [3.05, 3.63) is 17.8 Å². The predicted molar refractivity (Wildman–Crippen MR) is 73.6 cm³/mol. The number of rotatable bonds is 7. The van der Waals surface area contributed by atoms with Crippen LogP contribution in [0.2, 0.25) is 0 Å². The van der Waals surface area contributed by atoms with Gasteiger partial charge in [0, 0.05) is 12.6 Å². The van der Waals surface area contributed by atoms with Crippen molar-refractivity contribution in [1.29, 1.82) is 0 Å². The van der Waals surface area contributed by atoms with E-state index in [1.54, 1.807) is 0 Å². The summed E-state index contributed by atoms with van der Waals surface area (Å²) >= 11 is 5.71. The highest BCUT2D eigenvalue weighted by Crippen LogP contribution is 2.15. The Balaban J connectivity index is 2.68. The molecule has 0 aliphatic heterocycles. The van der Waals surface area contributed by atoms with Crippen molar-refractivity contribution in [3.8, 4) is 0 Å². The van der Waals surface area contributed by atoms with Crippen LogP contribution in [0, 0.1) is 0 Å². The lowest BCUT2D eigenvalue weighted by Crippen LogP contribution is -2.32. The quantitative estimate of drug-likeness (QED) is 0.550. The van der Waals surface area contributed by atoms with E-state index < -0.39 is 0 Å². The normalized spacial score (nSPS) is 10.9. The van der Waals surface area contributed by atoms with Gasteiger partial charge in [0.15, 0.2) is 5.82 Å². The molecule has 0 aliphatic rings. The molecule has 0 atom stereocenters. The smallest absolute Gasteiger partial charge is 0.151 e. The molecule has 0 amide bonds. The molecule has 17 heavy (non-hydrogen) atoms. The molecule has 0 saturated carbocycles. The van der Waals surface area contributed by atoms with E-state index in [1.807, 2.05) is 12.1 Å². The zero-order valence-corrected chi connectivity index (χ0v) is 11.7. The summed E-state index contributed by atoms with van der Waals surface area (Å²) in [4.78, 5) is 2.29. The fourth-order valence-corrected chi connectivity index (χ4v) is 1.89.